The molecule has 1 aliphatic heterocycles. The third-order valence-corrected chi connectivity index (χ3v) is 5.75. The molecule has 6 nitrogen and oxygen atoms in total. The van der Waals surface area contributed by atoms with Gasteiger partial charge in [-0.25, -0.2) is 0 Å². The van der Waals surface area contributed by atoms with Crippen molar-refractivity contribution in [2.75, 3.05) is 33.5 Å². The van der Waals surface area contributed by atoms with Gasteiger partial charge in [-0.3, -0.25) is 0 Å². The zero-order valence-corrected chi connectivity index (χ0v) is 19.9. The van der Waals surface area contributed by atoms with Crippen molar-refractivity contribution < 1.29 is 24.1 Å². The number of halogens is 1. The normalized spacial score (nSPS) is 13.7. The molecule has 1 unspecified atom stereocenters. The number of benzene rings is 2. The lowest BCUT2D eigenvalue weighted by Crippen LogP contribution is -2.16. The van der Waals surface area contributed by atoms with Crippen LogP contribution < -0.4 is 24.3 Å². The largest absolute Gasteiger partial charge is 0.493 e. The smallest absolute Gasteiger partial charge is 0.175 e. The van der Waals surface area contributed by atoms with Crippen molar-refractivity contribution >= 4 is 15.9 Å². The molecule has 0 saturated heterocycles. The summed E-state index contributed by atoms with van der Waals surface area (Å²) >= 11 is 3.59. The highest BCUT2D eigenvalue weighted by molar-refractivity contribution is 9.10. The Kier molecular flexibility index (Phi) is 9.31. The molecule has 2 aromatic carbocycles. The lowest BCUT2D eigenvalue weighted by Gasteiger charge is -2.21. The van der Waals surface area contributed by atoms with Gasteiger partial charge in [0, 0.05) is 6.54 Å². The van der Waals surface area contributed by atoms with Crippen molar-refractivity contribution in [1.29, 1.82) is 0 Å². The first kappa shape index (κ1) is 23.7. The van der Waals surface area contributed by atoms with E-state index < -0.39 is 6.10 Å². The van der Waals surface area contributed by atoms with E-state index in [4.69, 9.17) is 18.9 Å². The van der Waals surface area contributed by atoms with Crippen LogP contribution >= 0.6 is 15.9 Å². The van der Waals surface area contributed by atoms with E-state index in [0.29, 0.717) is 41.8 Å². The van der Waals surface area contributed by atoms with Gasteiger partial charge in [0.2, 0.25) is 0 Å². The number of ether oxygens (including phenoxy) is 4. The standard InChI is InChI=1S/C24H32BrNO5/c1-3-4-5-6-9-26-15-17-12-19(25)24(23(13-17)28-2)31-16-20(27)18-7-8-21-22(14-18)30-11-10-29-21/h7-8,12-14,20,26-27H,3-6,9-11,15-16H2,1-2H3. The number of rotatable bonds is 12. The van der Waals surface area contributed by atoms with Crippen LogP contribution in [0.5, 0.6) is 23.0 Å². The van der Waals surface area contributed by atoms with Crippen LogP contribution in [0.3, 0.4) is 0 Å². The summed E-state index contributed by atoms with van der Waals surface area (Å²) in [7, 11) is 1.62. The highest BCUT2D eigenvalue weighted by atomic mass is 79.9. The van der Waals surface area contributed by atoms with E-state index in [1.165, 1.54) is 25.7 Å². The number of unbranched alkanes of at least 4 members (excludes halogenated alkanes) is 3. The van der Waals surface area contributed by atoms with Gasteiger partial charge in [-0.15, -0.1) is 0 Å². The summed E-state index contributed by atoms with van der Waals surface area (Å²) in [6.45, 7) is 5.12. The van der Waals surface area contributed by atoms with Crippen molar-refractivity contribution in [3.63, 3.8) is 0 Å². The topological polar surface area (TPSA) is 69.2 Å². The number of hydrogen-bond donors (Lipinski definition) is 2. The molecule has 0 amide bonds. The Bertz CT molecular complexity index is 845. The fourth-order valence-corrected chi connectivity index (χ4v) is 4.05. The average Bonchev–Trinajstić information content (AvgIpc) is 2.79. The molecule has 0 spiro atoms. The number of nitrogens with one attached hydrogen (secondary N) is 1. The van der Waals surface area contributed by atoms with Gasteiger partial charge >= 0.3 is 0 Å². The van der Waals surface area contributed by atoms with Crippen LogP contribution in [0.1, 0.15) is 49.8 Å². The van der Waals surface area contributed by atoms with Crippen LogP contribution in [0, 0.1) is 0 Å². The number of methoxy groups -OCH3 is 1. The lowest BCUT2D eigenvalue weighted by atomic mass is 10.1. The van der Waals surface area contributed by atoms with Crippen molar-refractivity contribution in [3.8, 4) is 23.0 Å². The van der Waals surface area contributed by atoms with Gasteiger partial charge in [0.15, 0.2) is 23.0 Å². The molecule has 7 heteroatoms. The third-order valence-electron chi connectivity index (χ3n) is 5.16. The predicted molar refractivity (Wildman–Crippen MR) is 124 cm³/mol. The monoisotopic (exact) mass is 493 g/mol. The maximum absolute atomic E-state index is 10.6. The first-order chi connectivity index (χ1) is 15.1. The van der Waals surface area contributed by atoms with Crippen LogP contribution in [-0.4, -0.2) is 38.6 Å². The van der Waals surface area contributed by atoms with E-state index in [9.17, 15) is 5.11 Å². The zero-order valence-electron chi connectivity index (χ0n) is 18.3. The van der Waals surface area contributed by atoms with Gasteiger partial charge in [0.1, 0.15) is 25.9 Å². The summed E-state index contributed by atoms with van der Waals surface area (Å²) < 4.78 is 23.4. The van der Waals surface area contributed by atoms with E-state index in [0.717, 1.165) is 23.1 Å². The Morgan fingerprint density at radius 1 is 1.10 bits per heavy atom. The summed E-state index contributed by atoms with van der Waals surface area (Å²) in [5.41, 5.74) is 1.82. The molecule has 0 fully saturated rings. The Hall–Kier alpha value is -1.96. The minimum atomic E-state index is -0.808. The minimum absolute atomic E-state index is 0.0869. The van der Waals surface area contributed by atoms with Crippen molar-refractivity contribution in [2.24, 2.45) is 0 Å². The number of aliphatic hydroxyl groups is 1. The van der Waals surface area contributed by atoms with Gasteiger partial charge in [0.25, 0.3) is 0 Å². The summed E-state index contributed by atoms with van der Waals surface area (Å²) in [5, 5.41) is 14.1. The predicted octanol–water partition coefficient (Wildman–Crippen LogP) is 5.01. The SMILES string of the molecule is CCCCCCNCc1cc(Br)c(OCC(O)c2ccc3c(c2)OCCO3)c(OC)c1. The van der Waals surface area contributed by atoms with E-state index >= 15 is 0 Å². The van der Waals surface area contributed by atoms with Gasteiger partial charge in [-0.05, 0) is 64.3 Å². The molecule has 0 saturated carbocycles. The third kappa shape index (κ3) is 6.76. The van der Waals surface area contributed by atoms with Gasteiger partial charge in [-0.2, -0.15) is 0 Å². The molecule has 1 aliphatic rings. The quantitative estimate of drug-likeness (QED) is 0.405. The highest BCUT2D eigenvalue weighted by Gasteiger charge is 2.18. The summed E-state index contributed by atoms with van der Waals surface area (Å²) in [5.74, 6) is 2.55. The minimum Gasteiger partial charge on any atom is -0.493 e. The summed E-state index contributed by atoms with van der Waals surface area (Å²) in [4.78, 5) is 0. The second-order valence-corrected chi connectivity index (χ2v) is 8.43. The molecule has 0 aromatic heterocycles. The van der Waals surface area contributed by atoms with Gasteiger partial charge < -0.3 is 29.4 Å². The van der Waals surface area contributed by atoms with Crippen LogP contribution in [0.2, 0.25) is 0 Å². The second kappa shape index (κ2) is 12.2. The molecule has 0 bridgehead atoms. The van der Waals surface area contributed by atoms with Crippen LogP contribution in [0.25, 0.3) is 0 Å². The Morgan fingerprint density at radius 3 is 2.68 bits per heavy atom. The summed E-state index contributed by atoms with van der Waals surface area (Å²) in [6, 6.07) is 9.42. The number of aliphatic hydroxyl groups excluding tert-OH is 1. The van der Waals surface area contributed by atoms with Crippen LogP contribution in [0.15, 0.2) is 34.8 Å². The second-order valence-electron chi connectivity index (χ2n) is 7.58. The van der Waals surface area contributed by atoms with Crippen molar-refractivity contribution in [3.05, 3.63) is 45.9 Å². The fraction of sp³-hybridized carbons (Fsp3) is 0.500. The Balaban J connectivity index is 1.58. The molecule has 1 atom stereocenters. The Morgan fingerprint density at radius 2 is 1.90 bits per heavy atom. The average molecular weight is 494 g/mol. The molecular formula is C24H32BrNO5. The van der Waals surface area contributed by atoms with E-state index in [-0.39, 0.29) is 6.61 Å². The van der Waals surface area contributed by atoms with Gasteiger partial charge in [-0.1, -0.05) is 32.3 Å². The molecule has 2 aromatic rings. The van der Waals surface area contributed by atoms with Crippen LogP contribution in [-0.2, 0) is 6.54 Å². The molecule has 31 heavy (non-hydrogen) atoms. The molecular weight excluding hydrogens is 462 g/mol. The molecule has 170 valence electrons. The van der Waals surface area contributed by atoms with E-state index in [1.807, 2.05) is 24.3 Å². The number of fused-ring (bicyclic) bond motifs is 1. The van der Waals surface area contributed by atoms with E-state index in [2.05, 4.69) is 28.2 Å². The van der Waals surface area contributed by atoms with Gasteiger partial charge in [0.05, 0.1) is 11.6 Å². The molecule has 0 radical (unpaired) electrons. The summed E-state index contributed by atoms with van der Waals surface area (Å²) in [6.07, 6.45) is 4.16. The first-order valence-electron chi connectivity index (χ1n) is 10.9. The first-order valence-corrected chi connectivity index (χ1v) is 11.7. The highest BCUT2D eigenvalue weighted by Crippen LogP contribution is 2.38. The van der Waals surface area contributed by atoms with Crippen molar-refractivity contribution in [1.82, 2.24) is 5.32 Å². The van der Waals surface area contributed by atoms with E-state index in [1.54, 1.807) is 13.2 Å². The maximum atomic E-state index is 10.6. The van der Waals surface area contributed by atoms with Crippen molar-refractivity contribution in [2.45, 2.75) is 45.3 Å². The van der Waals surface area contributed by atoms with Crippen LogP contribution in [0.4, 0.5) is 0 Å². The molecule has 2 N–H and O–H groups in total. The molecule has 0 aliphatic carbocycles. The number of hydrogen-bond acceptors (Lipinski definition) is 6. The maximum Gasteiger partial charge on any atom is 0.175 e. The Labute approximate surface area is 193 Å². The molecule has 1 heterocycles. The lowest BCUT2D eigenvalue weighted by molar-refractivity contribution is 0.105. The molecule has 3 rings (SSSR count). The zero-order chi connectivity index (χ0) is 22.1. The fourth-order valence-electron chi connectivity index (χ4n) is 3.45.